The number of nitrogens with zero attached hydrogens (tertiary/aromatic N) is 1. The number of carbonyl (C=O) groups is 1. The molecule has 1 aromatic heterocycles. The van der Waals surface area contributed by atoms with Crippen LogP contribution in [0.15, 0.2) is 42.6 Å². The van der Waals surface area contributed by atoms with Gasteiger partial charge < -0.3 is 9.84 Å². The monoisotopic (exact) mass is 397 g/mol. The maximum absolute atomic E-state index is 11.2. The number of ether oxygens (including phenoxy) is 1. The first-order chi connectivity index (χ1) is 14.2. The van der Waals surface area contributed by atoms with E-state index in [9.17, 15) is 9.90 Å². The third-order valence-electron chi connectivity index (χ3n) is 5.14. The van der Waals surface area contributed by atoms with Gasteiger partial charge in [0.1, 0.15) is 11.4 Å². The molecule has 29 heavy (non-hydrogen) atoms. The first-order valence-electron chi connectivity index (χ1n) is 11.1. The molecular formula is C25H35NO3. The van der Waals surface area contributed by atoms with Crippen molar-refractivity contribution in [2.75, 3.05) is 6.61 Å². The topological polar surface area (TPSA) is 59.4 Å². The molecule has 0 atom stereocenters. The fourth-order valence-corrected chi connectivity index (χ4v) is 3.55. The van der Waals surface area contributed by atoms with Crippen LogP contribution in [0.3, 0.4) is 0 Å². The van der Waals surface area contributed by atoms with Crippen molar-refractivity contribution in [1.29, 1.82) is 0 Å². The molecule has 158 valence electrons. The molecule has 0 bridgehead atoms. The molecule has 0 aliphatic heterocycles. The van der Waals surface area contributed by atoms with Crippen LogP contribution in [-0.4, -0.2) is 22.7 Å². The lowest BCUT2D eigenvalue weighted by atomic mass is 10.0. The zero-order valence-corrected chi connectivity index (χ0v) is 17.7. The van der Waals surface area contributed by atoms with Crippen LogP contribution in [0, 0.1) is 0 Å². The number of unbranched alkanes of at least 4 members (excludes halogenated alkanes) is 9. The van der Waals surface area contributed by atoms with Gasteiger partial charge in [0, 0.05) is 11.8 Å². The van der Waals surface area contributed by atoms with Gasteiger partial charge in [-0.15, -0.1) is 0 Å². The molecule has 0 aliphatic rings. The summed E-state index contributed by atoms with van der Waals surface area (Å²) in [4.78, 5) is 15.6. The van der Waals surface area contributed by atoms with Gasteiger partial charge in [-0.2, -0.15) is 0 Å². The molecule has 0 aliphatic carbocycles. The van der Waals surface area contributed by atoms with Gasteiger partial charge in [-0.05, 0) is 24.1 Å². The van der Waals surface area contributed by atoms with Crippen LogP contribution in [0.2, 0.25) is 0 Å². The maximum atomic E-state index is 11.2. The summed E-state index contributed by atoms with van der Waals surface area (Å²) in [6, 6.07) is 11.3. The molecule has 0 saturated heterocycles. The Morgan fingerprint density at radius 3 is 2.24 bits per heavy atom. The zero-order valence-electron chi connectivity index (χ0n) is 17.7. The normalized spacial score (nSPS) is 10.8. The number of hydrogen-bond donors (Lipinski definition) is 1. The van der Waals surface area contributed by atoms with Crippen LogP contribution in [0.1, 0.15) is 76.7 Å². The molecule has 0 saturated carbocycles. The van der Waals surface area contributed by atoms with Crippen molar-refractivity contribution in [3.8, 4) is 17.0 Å². The molecule has 0 unspecified atom stereocenters. The van der Waals surface area contributed by atoms with E-state index in [4.69, 9.17) is 4.74 Å². The lowest BCUT2D eigenvalue weighted by molar-refractivity contribution is -0.136. The van der Waals surface area contributed by atoms with Gasteiger partial charge in [-0.25, -0.2) is 0 Å². The number of aromatic nitrogens is 1. The van der Waals surface area contributed by atoms with Crippen LogP contribution in [0.5, 0.6) is 5.75 Å². The summed E-state index contributed by atoms with van der Waals surface area (Å²) in [7, 11) is 0. The highest BCUT2D eigenvalue weighted by Crippen LogP contribution is 2.30. The van der Waals surface area contributed by atoms with Crippen LogP contribution >= 0.6 is 0 Å². The van der Waals surface area contributed by atoms with E-state index < -0.39 is 5.97 Å². The predicted octanol–water partition coefficient (Wildman–Crippen LogP) is 6.68. The minimum Gasteiger partial charge on any atom is -0.491 e. The third-order valence-corrected chi connectivity index (χ3v) is 5.14. The quantitative estimate of drug-likeness (QED) is 0.341. The Morgan fingerprint density at radius 2 is 1.55 bits per heavy atom. The largest absolute Gasteiger partial charge is 0.491 e. The van der Waals surface area contributed by atoms with Crippen molar-refractivity contribution >= 4 is 5.97 Å². The second-order valence-electron chi connectivity index (χ2n) is 7.61. The number of benzene rings is 1. The van der Waals surface area contributed by atoms with E-state index in [1.807, 2.05) is 36.4 Å². The Morgan fingerprint density at radius 1 is 0.897 bits per heavy atom. The summed E-state index contributed by atoms with van der Waals surface area (Å²) < 4.78 is 6.01. The number of hydrogen-bond acceptors (Lipinski definition) is 3. The van der Waals surface area contributed by atoms with E-state index in [2.05, 4.69) is 11.9 Å². The summed E-state index contributed by atoms with van der Waals surface area (Å²) in [5.41, 5.74) is 2.30. The van der Waals surface area contributed by atoms with Gasteiger partial charge >= 0.3 is 5.97 Å². The minimum absolute atomic E-state index is 0.0232. The zero-order chi connectivity index (χ0) is 20.7. The van der Waals surface area contributed by atoms with E-state index in [1.165, 1.54) is 57.8 Å². The lowest BCUT2D eigenvalue weighted by Gasteiger charge is -2.13. The second-order valence-corrected chi connectivity index (χ2v) is 7.61. The highest BCUT2D eigenvalue weighted by Gasteiger charge is 2.13. The average Bonchev–Trinajstić information content (AvgIpc) is 2.72. The maximum Gasteiger partial charge on any atom is 0.307 e. The minimum atomic E-state index is -0.846. The molecule has 1 N–H and O–H groups in total. The van der Waals surface area contributed by atoms with E-state index in [-0.39, 0.29) is 6.42 Å². The van der Waals surface area contributed by atoms with Crippen molar-refractivity contribution < 1.29 is 14.6 Å². The molecule has 0 fully saturated rings. The summed E-state index contributed by atoms with van der Waals surface area (Å²) in [6.45, 7) is 2.92. The first-order valence-corrected chi connectivity index (χ1v) is 11.1. The van der Waals surface area contributed by atoms with Gasteiger partial charge in [-0.3, -0.25) is 9.78 Å². The van der Waals surface area contributed by atoms with E-state index in [1.54, 1.807) is 6.20 Å². The number of carboxylic acid groups (broad SMARTS) is 1. The average molecular weight is 398 g/mol. The molecule has 1 heterocycles. The second kappa shape index (κ2) is 13.8. The Kier molecular flexibility index (Phi) is 10.9. The van der Waals surface area contributed by atoms with E-state index >= 15 is 0 Å². The Labute approximate surface area is 175 Å². The summed E-state index contributed by atoms with van der Waals surface area (Å²) in [5.74, 6) is -0.123. The first kappa shape index (κ1) is 22.9. The van der Waals surface area contributed by atoms with Crippen molar-refractivity contribution in [2.45, 2.75) is 77.6 Å². The Balaban J connectivity index is 1.77. The van der Waals surface area contributed by atoms with Crippen molar-refractivity contribution in [2.24, 2.45) is 0 Å². The molecule has 4 heteroatoms. The summed E-state index contributed by atoms with van der Waals surface area (Å²) in [6.07, 6.45) is 14.6. The molecule has 1 aromatic carbocycles. The van der Waals surface area contributed by atoms with Crippen LogP contribution in [0.25, 0.3) is 11.3 Å². The van der Waals surface area contributed by atoms with Gasteiger partial charge in [0.15, 0.2) is 0 Å². The van der Waals surface area contributed by atoms with Gasteiger partial charge in [0.25, 0.3) is 0 Å². The number of carboxylic acids is 1. The molecule has 4 nitrogen and oxygen atoms in total. The van der Waals surface area contributed by atoms with Crippen molar-refractivity contribution in [1.82, 2.24) is 4.98 Å². The Hall–Kier alpha value is -2.36. The fraction of sp³-hybridized carbons (Fsp3) is 0.520. The lowest BCUT2D eigenvalue weighted by Crippen LogP contribution is -2.04. The van der Waals surface area contributed by atoms with Crippen molar-refractivity contribution in [3.63, 3.8) is 0 Å². The number of aliphatic carboxylic acids is 1. The third kappa shape index (κ3) is 8.68. The molecule has 0 radical (unpaired) electrons. The fourth-order valence-electron chi connectivity index (χ4n) is 3.55. The molecular weight excluding hydrogens is 362 g/mol. The predicted molar refractivity (Wildman–Crippen MR) is 118 cm³/mol. The standard InChI is InChI=1S/C25H35NO3/c1-2-3-4-5-6-7-8-9-10-13-19-29-23-17-14-18-26-25(23)22-16-12-11-15-21(22)20-24(27)28/h11-12,14-18H,2-10,13,19-20H2,1H3,(H,27,28). The van der Waals surface area contributed by atoms with Gasteiger partial charge in [-0.1, -0.05) is 89.0 Å². The number of pyridine rings is 1. The van der Waals surface area contributed by atoms with Gasteiger partial charge in [0.05, 0.1) is 13.0 Å². The smallest absolute Gasteiger partial charge is 0.307 e. The highest BCUT2D eigenvalue weighted by molar-refractivity contribution is 5.77. The molecule has 2 aromatic rings. The van der Waals surface area contributed by atoms with Gasteiger partial charge in [0.2, 0.25) is 0 Å². The molecule has 0 spiro atoms. The summed E-state index contributed by atoms with van der Waals surface area (Å²) in [5, 5.41) is 9.17. The van der Waals surface area contributed by atoms with E-state index in [0.29, 0.717) is 6.61 Å². The van der Waals surface area contributed by atoms with Crippen LogP contribution in [-0.2, 0) is 11.2 Å². The highest BCUT2D eigenvalue weighted by atomic mass is 16.5. The molecule has 2 rings (SSSR count). The Bertz CT molecular complexity index is 730. The van der Waals surface area contributed by atoms with Crippen LogP contribution in [0.4, 0.5) is 0 Å². The number of rotatable bonds is 15. The van der Waals surface area contributed by atoms with Crippen LogP contribution < -0.4 is 4.74 Å². The van der Waals surface area contributed by atoms with E-state index in [0.717, 1.165) is 29.0 Å². The van der Waals surface area contributed by atoms with Crippen molar-refractivity contribution in [3.05, 3.63) is 48.2 Å². The molecule has 0 amide bonds. The SMILES string of the molecule is CCCCCCCCCCCCOc1cccnc1-c1ccccc1CC(=O)O. The summed E-state index contributed by atoms with van der Waals surface area (Å²) >= 11 is 0.